The summed E-state index contributed by atoms with van der Waals surface area (Å²) in [6, 6.07) is 5.88. The van der Waals surface area contributed by atoms with E-state index in [9.17, 15) is 0 Å². The van der Waals surface area contributed by atoms with Gasteiger partial charge in [-0.1, -0.05) is 12.7 Å². The van der Waals surface area contributed by atoms with Crippen molar-refractivity contribution in [2.24, 2.45) is 5.92 Å². The average molecular weight is 350 g/mol. The molecule has 1 N–H and O–H groups in total. The minimum absolute atomic E-state index is 0.247. The quantitative estimate of drug-likeness (QED) is 0.830. The molecular formula is C21H22N2O3. The standard InChI is InChI=1S/C21H22N2O3/c1-14(16-9-15-5-3-4-6-19(15)25-12-16)23-17-7-8-18(20(10-17)24-2)21-11-22-13-26-21/h5-8,10-11,13,16,23H,1,3-4,9,12H2,2H3. The number of rotatable bonds is 5. The smallest absolute Gasteiger partial charge is 0.181 e. The molecule has 1 saturated heterocycles. The number of nitrogens with one attached hydrogen (secondary N) is 1. The van der Waals surface area contributed by atoms with Gasteiger partial charge in [0.2, 0.25) is 0 Å². The van der Waals surface area contributed by atoms with Gasteiger partial charge >= 0.3 is 0 Å². The van der Waals surface area contributed by atoms with E-state index in [1.54, 1.807) is 13.3 Å². The van der Waals surface area contributed by atoms with Gasteiger partial charge in [-0.2, -0.15) is 0 Å². The molecule has 1 aromatic heterocycles. The van der Waals surface area contributed by atoms with Crippen molar-refractivity contribution in [2.75, 3.05) is 19.0 Å². The summed E-state index contributed by atoms with van der Waals surface area (Å²) in [7, 11) is 1.65. The van der Waals surface area contributed by atoms with Gasteiger partial charge in [-0.05, 0) is 43.0 Å². The molecule has 0 radical (unpaired) electrons. The van der Waals surface area contributed by atoms with E-state index >= 15 is 0 Å². The zero-order chi connectivity index (χ0) is 17.9. The summed E-state index contributed by atoms with van der Waals surface area (Å²) >= 11 is 0. The van der Waals surface area contributed by atoms with Crippen LogP contribution in [0.25, 0.3) is 11.3 Å². The third-order valence-electron chi connectivity index (χ3n) is 4.81. The fraction of sp³-hybridized carbons (Fsp3) is 0.286. The monoisotopic (exact) mass is 350 g/mol. The fourth-order valence-corrected chi connectivity index (χ4v) is 3.39. The van der Waals surface area contributed by atoms with Gasteiger partial charge in [-0.15, -0.1) is 0 Å². The van der Waals surface area contributed by atoms with E-state index in [2.05, 4.69) is 29.0 Å². The molecule has 4 rings (SSSR count). The number of methoxy groups -OCH3 is 1. The van der Waals surface area contributed by atoms with Gasteiger partial charge in [0.1, 0.15) is 11.5 Å². The van der Waals surface area contributed by atoms with Crippen molar-refractivity contribution < 1.29 is 13.9 Å². The molecule has 0 bridgehead atoms. The third kappa shape index (κ3) is 3.25. The number of aromatic nitrogens is 1. The average Bonchev–Trinajstić information content (AvgIpc) is 3.22. The van der Waals surface area contributed by atoms with Crippen LogP contribution in [-0.4, -0.2) is 18.7 Å². The Labute approximate surface area is 153 Å². The molecule has 1 unspecified atom stereocenters. The summed E-state index contributed by atoms with van der Waals surface area (Å²) in [6.45, 7) is 4.89. The molecule has 5 nitrogen and oxygen atoms in total. The van der Waals surface area contributed by atoms with Crippen LogP contribution >= 0.6 is 0 Å². The Morgan fingerprint density at radius 3 is 3.00 bits per heavy atom. The number of hydrogen-bond acceptors (Lipinski definition) is 5. The van der Waals surface area contributed by atoms with Gasteiger partial charge in [-0.25, -0.2) is 4.98 Å². The first-order chi connectivity index (χ1) is 12.7. The lowest BCUT2D eigenvalue weighted by atomic mass is 9.90. The van der Waals surface area contributed by atoms with Crippen molar-refractivity contribution in [2.45, 2.75) is 19.3 Å². The predicted molar refractivity (Wildman–Crippen MR) is 101 cm³/mol. The molecule has 1 aliphatic carbocycles. The second-order valence-electron chi connectivity index (χ2n) is 6.52. The molecule has 1 atom stereocenters. The van der Waals surface area contributed by atoms with Gasteiger partial charge in [0.15, 0.2) is 12.2 Å². The number of benzene rings is 1. The van der Waals surface area contributed by atoms with Crippen molar-refractivity contribution in [1.82, 2.24) is 4.98 Å². The molecule has 5 heteroatoms. The molecule has 1 aromatic carbocycles. The van der Waals surface area contributed by atoms with Crippen LogP contribution in [-0.2, 0) is 4.74 Å². The van der Waals surface area contributed by atoms with Gasteiger partial charge in [-0.3, -0.25) is 0 Å². The molecule has 26 heavy (non-hydrogen) atoms. The Bertz CT molecular complexity index is 865. The number of hydrogen-bond donors (Lipinski definition) is 1. The second-order valence-corrected chi connectivity index (χ2v) is 6.52. The summed E-state index contributed by atoms with van der Waals surface area (Å²) in [5.41, 5.74) is 4.04. The maximum atomic E-state index is 5.91. The molecule has 2 aliphatic rings. The SMILES string of the molecule is C=C(Nc1ccc(-c2cnco2)c(OC)c1)C1COC2=CCCC=C2C1. The van der Waals surface area contributed by atoms with E-state index in [4.69, 9.17) is 13.9 Å². The summed E-state index contributed by atoms with van der Waals surface area (Å²) in [4.78, 5) is 3.96. The highest BCUT2D eigenvalue weighted by Crippen LogP contribution is 2.36. The van der Waals surface area contributed by atoms with Crippen LogP contribution in [0.2, 0.25) is 0 Å². The summed E-state index contributed by atoms with van der Waals surface area (Å²) in [6.07, 6.45) is 10.7. The molecule has 1 fully saturated rings. The highest BCUT2D eigenvalue weighted by atomic mass is 16.5. The van der Waals surface area contributed by atoms with Crippen molar-refractivity contribution in [1.29, 1.82) is 0 Å². The molecule has 1 aliphatic heterocycles. The van der Waals surface area contributed by atoms with E-state index in [1.165, 1.54) is 12.0 Å². The molecule has 2 aromatic rings. The van der Waals surface area contributed by atoms with Crippen LogP contribution in [0.5, 0.6) is 5.75 Å². The van der Waals surface area contributed by atoms with Crippen LogP contribution < -0.4 is 10.1 Å². The molecule has 0 saturated carbocycles. The number of ether oxygens (including phenoxy) is 2. The zero-order valence-electron chi connectivity index (χ0n) is 14.8. The number of oxazole rings is 1. The van der Waals surface area contributed by atoms with E-state index < -0.39 is 0 Å². The Morgan fingerprint density at radius 2 is 2.19 bits per heavy atom. The maximum absolute atomic E-state index is 5.91. The molecule has 2 heterocycles. The fourth-order valence-electron chi connectivity index (χ4n) is 3.39. The Kier molecular flexibility index (Phi) is 4.52. The molecular weight excluding hydrogens is 328 g/mol. The van der Waals surface area contributed by atoms with Gasteiger partial charge in [0.25, 0.3) is 0 Å². The minimum atomic E-state index is 0.247. The summed E-state index contributed by atoms with van der Waals surface area (Å²) < 4.78 is 16.8. The Hall–Kier alpha value is -2.95. The van der Waals surface area contributed by atoms with Gasteiger partial charge < -0.3 is 19.2 Å². The van der Waals surface area contributed by atoms with Gasteiger partial charge in [0, 0.05) is 23.4 Å². The first-order valence-corrected chi connectivity index (χ1v) is 8.79. The topological polar surface area (TPSA) is 56.5 Å². The Morgan fingerprint density at radius 1 is 1.31 bits per heavy atom. The highest BCUT2D eigenvalue weighted by Gasteiger charge is 2.25. The van der Waals surface area contributed by atoms with E-state index in [0.717, 1.165) is 47.7 Å². The third-order valence-corrected chi connectivity index (χ3v) is 4.81. The lowest BCUT2D eigenvalue weighted by Gasteiger charge is -2.30. The van der Waals surface area contributed by atoms with Crippen molar-refractivity contribution >= 4 is 5.69 Å². The normalized spacial score (nSPS) is 18.9. The second kappa shape index (κ2) is 7.12. The highest BCUT2D eigenvalue weighted by molar-refractivity contribution is 5.70. The summed E-state index contributed by atoms with van der Waals surface area (Å²) in [5.74, 6) is 2.70. The lowest BCUT2D eigenvalue weighted by Crippen LogP contribution is -2.23. The van der Waals surface area contributed by atoms with Crippen LogP contribution in [0.1, 0.15) is 19.3 Å². The molecule has 0 amide bonds. The molecule has 0 spiro atoms. The van der Waals surface area contributed by atoms with Crippen LogP contribution in [0, 0.1) is 5.92 Å². The number of allylic oxidation sites excluding steroid dienone is 3. The first kappa shape index (κ1) is 16.5. The number of fused-ring (bicyclic) bond motifs is 1. The Balaban J connectivity index is 1.48. The van der Waals surface area contributed by atoms with Crippen LogP contribution in [0.15, 0.2) is 71.0 Å². The number of nitrogens with zero attached hydrogens (tertiary/aromatic N) is 1. The van der Waals surface area contributed by atoms with E-state index in [0.29, 0.717) is 12.4 Å². The predicted octanol–water partition coefficient (Wildman–Crippen LogP) is 4.92. The van der Waals surface area contributed by atoms with Crippen molar-refractivity contribution in [3.63, 3.8) is 0 Å². The maximum Gasteiger partial charge on any atom is 0.181 e. The van der Waals surface area contributed by atoms with Crippen LogP contribution in [0.3, 0.4) is 0 Å². The minimum Gasteiger partial charge on any atom is -0.496 e. The van der Waals surface area contributed by atoms with E-state index in [-0.39, 0.29) is 5.92 Å². The van der Waals surface area contributed by atoms with Gasteiger partial charge in [0.05, 0.1) is 25.5 Å². The van der Waals surface area contributed by atoms with Crippen LogP contribution in [0.4, 0.5) is 5.69 Å². The first-order valence-electron chi connectivity index (χ1n) is 8.79. The largest absolute Gasteiger partial charge is 0.496 e. The molecule has 134 valence electrons. The zero-order valence-corrected chi connectivity index (χ0v) is 14.8. The lowest BCUT2D eigenvalue weighted by molar-refractivity contribution is 0.157. The van der Waals surface area contributed by atoms with E-state index in [1.807, 2.05) is 18.2 Å². The van der Waals surface area contributed by atoms with Crippen molar-refractivity contribution in [3.05, 3.63) is 66.5 Å². The number of anilines is 1. The summed E-state index contributed by atoms with van der Waals surface area (Å²) in [5, 5.41) is 3.41. The van der Waals surface area contributed by atoms with Crippen molar-refractivity contribution in [3.8, 4) is 17.1 Å².